The van der Waals surface area contributed by atoms with E-state index >= 15 is 0 Å². The third kappa shape index (κ3) is 2.91. The average Bonchev–Trinajstić information content (AvgIpc) is 2.43. The molecule has 1 atom stereocenters. The molecule has 1 saturated heterocycles. The van der Waals surface area contributed by atoms with Crippen LogP contribution in [0.1, 0.15) is 11.1 Å². The summed E-state index contributed by atoms with van der Waals surface area (Å²) < 4.78 is 5.11. The smallest absolute Gasteiger partial charge is 0.328 e. The van der Waals surface area contributed by atoms with Gasteiger partial charge in [0.05, 0.1) is 13.2 Å². The van der Waals surface area contributed by atoms with E-state index in [2.05, 4.69) is 5.32 Å². The number of carboxylic acid groups (broad SMARTS) is 1. The maximum atomic E-state index is 12.2. The van der Waals surface area contributed by atoms with Crippen LogP contribution in [0.15, 0.2) is 18.2 Å². The van der Waals surface area contributed by atoms with Crippen LogP contribution >= 0.6 is 0 Å². The van der Waals surface area contributed by atoms with Crippen LogP contribution in [0.4, 0.5) is 10.5 Å². The highest BCUT2D eigenvalue weighted by atomic mass is 16.5. The summed E-state index contributed by atoms with van der Waals surface area (Å²) in [6.45, 7) is 4.52. The summed E-state index contributed by atoms with van der Waals surface area (Å²) in [6.07, 6.45) is 0. The van der Waals surface area contributed by atoms with E-state index in [-0.39, 0.29) is 13.2 Å². The maximum Gasteiger partial charge on any atom is 0.328 e. The van der Waals surface area contributed by atoms with Crippen molar-refractivity contribution in [3.8, 4) is 0 Å². The van der Waals surface area contributed by atoms with E-state index < -0.39 is 18.0 Å². The second-order valence-electron chi connectivity index (χ2n) is 4.80. The van der Waals surface area contributed by atoms with Gasteiger partial charge < -0.3 is 20.1 Å². The van der Waals surface area contributed by atoms with Gasteiger partial charge in [0.15, 0.2) is 6.04 Å². The zero-order valence-electron chi connectivity index (χ0n) is 11.5. The standard InChI is InChI=1S/C14H18N2O4/c1-9-4-3-5-11(10(9)2)15-14(19)16-6-7-20-8-12(16)13(17)18/h3-5,12H,6-8H2,1-2H3,(H,15,19)(H,17,18). The summed E-state index contributed by atoms with van der Waals surface area (Å²) in [5, 5.41) is 11.9. The third-order valence-electron chi connectivity index (χ3n) is 3.52. The number of anilines is 1. The number of aryl methyl sites for hydroxylation is 1. The predicted molar refractivity (Wildman–Crippen MR) is 73.9 cm³/mol. The zero-order valence-corrected chi connectivity index (χ0v) is 11.5. The lowest BCUT2D eigenvalue weighted by Gasteiger charge is -2.33. The minimum atomic E-state index is -1.05. The molecule has 1 heterocycles. The molecule has 6 nitrogen and oxygen atoms in total. The molecule has 0 radical (unpaired) electrons. The molecule has 1 aliphatic heterocycles. The SMILES string of the molecule is Cc1cccc(NC(=O)N2CCOCC2C(=O)O)c1C. The molecule has 1 aromatic carbocycles. The van der Waals surface area contributed by atoms with Gasteiger partial charge in [0.25, 0.3) is 0 Å². The Balaban J connectivity index is 2.14. The quantitative estimate of drug-likeness (QED) is 0.861. The number of nitrogens with zero attached hydrogens (tertiary/aromatic N) is 1. The number of aliphatic carboxylic acids is 1. The Labute approximate surface area is 117 Å². The highest BCUT2D eigenvalue weighted by molar-refractivity contribution is 5.93. The molecule has 0 saturated carbocycles. The van der Waals surface area contributed by atoms with Crippen LogP contribution in [0.3, 0.4) is 0 Å². The molecule has 2 rings (SSSR count). The Hall–Kier alpha value is -2.08. The number of morpholine rings is 1. The molecular weight excluding hydrogens is 260 g/mol. The summed E-state index contributed by atoms with van der Waals surface area (Å²) in [5.74, 6) is -1.05. The highest BCUT2D eigenvalue weighted by Crippen LogP contribution is 2.19. The van der Waals surface area contributed by atoms with E-state index in [1.807, 2.05) is 26.0 Å². The van der Waals surface area contributed by atoms with E-state index in [4.69, 9.17) is 9.84 Å². The number of benzene rings is 1. The van der Waals surface area contributed by atoms with E-state index in [9.17, 15) is 9.59 Å². The Morgan fingerprint density at radius 3 is 2.85 bits per heavy atom. The Morgan fingerprint density at radius 1 is 1.40 bits per heavy atom. The van der Waals surface area contributed by atoms with E-state index in [0.717, 1.165) is 11.1 Å². The van der Waals surface area contributed by atoms with Gasteiger partial charge in [-0.2, -0.15) is 0 Å². The van der Waals surface area contributed by atoms with Crippen molar-refractivity contribution >= 4 is 17.7 Å². The van der Waals surface area contributed by atoms with Gasteiger partial charge in [-0.3, -0.25) is 0 Å². The molecule has 1 fully saturated rings. The number of hydrogen-bond donors (Lipinski definition) is 2. The molecule has 6 heteroatoms. The van der Waals surface area contributed by atoms with Crippen molar-refractivity contribution in [2.75, 3.05) is 25.1 Å². The van der Waals surface area contributed by atoms with Crippen molar-refractivity contribution in [2.45, 2.75) is 19.9 Å². The number of hydrogen-bond acceptors (Lipinski definition) is 3. The molecule has 20 heavy (non-hydrogen) atoms. The first kappa shape index (κ1) is 14.3. The molecule has 0 bridgehead atoms. The lowest BCUT2D eigenvalue weighted by Crippen LogP contribution is -2.54. The molecule has 0 aliphatic carbocycles. The summed E-state index contributed by atoms with van der Waals surface area (Å²) >= 11 is 0. The number of ether oxygens (including phenoxy) is 1. The van der Waals surface area contributed by atoms with Crippen molar-refractivity contribution in [2.24, 2.45) is 0 Å². The minimum absolute atomic E-state index is 0.0234. The fourth-order valence-electron chi connectivity index (χ4n) is 2.12. The number of carbonyl (C=O) groups is 2. The number of urea groups is 1. The van der Waals surface area contributed by atoms with Crippen molar-refractivity contribution in [1.82, 2.24) is 4.90 Å². The molecule has 2 amide bonds. The molecule has 0 spiro atoms. The maximum absolute atomic E-state index is 12.2. The van der Waals surface area contributed by atoms with Crippen molar-refractivity contribution < 1.29 is 19.4 Å². The molecule has 0 aromatic heterocycles. The van der Waals surface area contributed by atoms with Gasteiger partial charge in [0.2, 0.25) is 0 Å². The first-order valence-corrected chi connectivity index (χ1v) is 6.45. The van der Waals surface area contributed by atoms with E-state index in [1.54, 1.807) is 6.07 Å². The van der Waals surface area contributed by atoms with Gasteiger partial charge >= 0.3 is 12.0 Å². The van der Waals surface area contributed by atoms with Crippen LogP contribution in [-0.2, 0) is 9.53 Å². The first-order chi connectivity index (χ1) is 9.50. The Morgan fingerprint density at radius 2 is 2.15 bits per heavy atom. The lowest BCUT2D eigenvalue weighted by atomic mass is 10.1. The van der Waals surface area contributed by atoms with Crippen LogP contribution in [0, 0.1) is 13.8 Å². The van der Waals surface area contributed by atoms with Crippen molar-refractivity contribution in [1.29, 1.82) is 0 Å². The van der Waals surface area contributed by atoms with Crippen LogP contribution in [-0.4, -0.2) is 47.8 Å². The Bertz CT molecular complexity index is 530. The Kier molecular flexibility index (Phi) is 4.24. The largest absolute Gasteiger partial charge is 0.480 e. The van der Waals surface area contributed by atoms with E-state index in [0.29, 0.717) is 12.3 Å². The molecule has 1 aromatic rings. The predicted octanol–water partition coefficient (Wildman–Crippen LogP) is 1.62. The van der Waals surface area contributed by atoms with Crippen molar-refractivity contribution in [3.63, 3.8) is 0 Å². The van der Waals surface area contributed by atoms with Gasteiger partial charge in [0, 0.05) is 12.2 Å². The summed E-state index contributed by atoms with van der Waals surface area (Å²) in [4.78, 5) is 24.7. The second kappa shape index (κ2) is 5.92. The number of amides is 2. The topological polar surface area (TPSA) is 78.9 Å². The van der Waals surface area contributed by atoms with Gasteiger partial charge in [0.1, 0.15) is 0 Å². The van der Waals surface area contributed by atoms with E-state index in [1.165, 1.54) is 4.90 Å². The number of rotatable bonds is 2. The molecular formula is C14H18N2O4. The molecule has 108 valence electrons. The van der Waals surface area contributed by atoms with Gasteiger partial charge in [-0.15, -0.1) is 0 Å². The fourth-order valence-corrected chi connectivity index (χ4v) is 2.12. The molecule has 1 unspecified atom stereocenters. The van der Waals surface area contributed by atoms with Gasteiger partial charge in [-0.25, -0.2) is 9.59 Å². The minimum Gasteiger partial charge on any atom is -0.480 e. The number of nitrogens with one attached hydrogen (secondary N) is 1. The van der Waals surface area contributed by atoms with Gasteiger partial charge in [-0.1, -0.05) is 12.1 Å². The highest BCUT2D eigenvalue weighted by Gasteiger charge is 2.32. The number of carbonyl (C=O) groups excluding carboxylic acids is 1. The fraction of sp³-hybridized carbons (Fsp3) is 0.429. The monoisotopic (exact) mass is 278 g/mol. The third-order valence-corrected chi connectivity index (χ3v) is 3.52. The molecule has 1 aliphatic rings. The normalized spacial score (nSPS) is 18.7. The van der Waals surface area contributed by atoms with Crippen LogP contribution in [0.2, 0.25) is 0 Å². The van der Waals surface area contributed by atoms with Crippen molar-refractivity contribution in [3.05, 3.63) is 29.3 Å². The number of carboxylic acids is 1. The lowest BCUT2D eigenvalue weighted by molar-refractivity contribution is -0.147. The second-order valence-corrected chi connectivity index (χ2v) is 4.80. The first-order valence-electron chi connectivity index (χ1n) is 6.45. The van der Waals surface area contributed by atoms with Gasteiger partial charge in [-0.05, 0) is 31.0 Å². The summed E-state index contributed by atoms with van der Waals surface area (Å²) in [6, 6.07) is 4.27. The van der Waals surface area contributed by atoms with Crippen LogP contribution in [0.5, 0.6) is 0 Å². The van der Waals surface area contributed by atoms with Crippen LogP contribution in [0.25, 0.3) is 0 Å². The zero-order chi connectivity index (χ0) is 14.7. The molecule has 2 N–H and O–H groups in total. The average molecular weight is 278 g/mol. The summed E-state index contributed by atoms with van der Waals surface area (Å²) in [5.41, 5.74) is 2.74. The van der Waals surface area contributed by atoms with Crippen LogP contribution < -0.4 is 5.32 Å². The summed E-state index contributed by atoms with van der Waals surface area (Å²) in [7, 11) is 0.